The van der Waals surface area contributed by atoms with E-state index in [4.69, 9.17) is 9.72 Å². The Hall–Kier alpha value is -5.04. The van der Waals surface area contributed by atoms with E-state index in [2.05, 4.69) is 26.8 Å². The van der Waals surface area contributed by atoms with Gasteiger partial charge in [0.15, 0.2) is 5.43 Å². The van der Waals surface area contributed by atoms with Crippen molar-refractivity contribution in [1.29, 1.82) is 0 Å². The van der Waals surface area contributed by atoms with E-state index < -0.39 is 29.5 Å². The van der Waals surface area contributed by atoms with Crippen LogP contribution in [0.5, 0.6) is 0 Å². The van der Waals surface area contributed by atoms with Crippen LogP contribution in [-0.2, 0) is 9.53 Å². The highest BCUT2D eigenvalue weighted by molar-refractivity contribution is 6.19. The van der Waals surface area contributed by atoms with Gasteiger partial charge in [-0.25, -0.2) is 23.9 Å². The molecule has 1 aromatic carbocycles. The molecule has 49 heavy (non-hydrogen) atoms. The number of carboxylic acids is 1. The van der Waals surface area contributed by atoms with Crippen molar-refractivity contribution in [2.24, 2.45) is 5.92 Å². The molecule has 0 saturated carbocycles. The Balaban J connectivity index is 1.48. The lowest BCUT2D eigenvalue weighted by Gasteiger charge is -2.29. The van der Waals surface area contributed by atoms with Crippen molar-refractivity contribution in [3.05, 3.63) is 58.9 Å². The average molecular weight is 670 g/mol. The van der Waals surface area contributed by atoms with Crippen molar-refractivity contribution in [3.8, 4) is 11.1 Å². The van der Waals surface area contributed by atoms with Gasteiger partial charge >= 0.3 is 12.1 Å². The largest absolute Gasteiger partial charge is 0.480 e. The van der Waals surface area contributed by atoms with Crippen LogP contribution in [0.15, 0.2) is 47.7 Å². The van der Waals surface area contributed by atoms with Gasteiger partial charge in [0, 0.05) is 73.9 Å². The smallest absolute Gasteiger partial charge is 0.414 e. The predicted molar refractivity (Wildman–Crippen MR) is 187 cm³/mol. The summed E-state index contributed by atoms with van der Waals surface area (Å²) < 4.78 is 22.7. The molecule has 5 aromatic rings. The number of fused-ring (bicyclic) bond motifs is 5. The summed E-state index contributed by atoms with van der Waals surface area (Å²) in [6.45, 7) is 9.69. The van der Waals surface area contributed by atoms with Crippen molar-refractivity contribution < 1.29 is 23.8 Å². The SMILES string of the molecule is CCC(C(=O)O)n1ccc(=O)c2cc(-c3cnc4[nH]c5c(N(C)C(=O)OC(C)(C)C)cc(F)cc5c4c3N3CCC4CN(C)CC43)cnc21. The van der Waals surface area contributed by atoms with Crippen molar-refractivity contribution in [2.75, 3.05) is 43.5 Å². The number of nitrogens with one attached hydrogen (secondary N) is 1. The number of amides is 1. The number of aromatic amines is 1. The number of anilines is 2. The minimum absolute atomic E-state index is 0.197. The number of halogens is 1. The van der Waals surface area contributed by atoms with Crippen molar-refractivity contribution in [1.82, 2.24) is 24.4 Å². The first kappa shape index (κ1) is 32.5. The number of pyridine rings is 3. The van der Waals surface area contributed by atoms with Crippen LogP contribution in [0, 0.1) is 11.7 Å². The number of H-pyrrole nitrogens is 1. The summed E-state index contributed by atoms with van der Waals surface area (Å²) in [5.74, 6) is -1.09. The molecular formula is C36H40FN7O5. The molecule has 4 aromatic heterocycles. The summed E-state index contributed by atoms with van der Waals surface area (Å²) in [6, 6.07) is 5.19. The van der Waals surface area contributed by atoms with Crippen molar-refractivity contribution in [2.45, 2.75) is 58.2 Å². The molecule has 0 bridgehead atoms. The van der Waals surface area contributed by atoms with E-state index in [1.165, 1.54) is 33.9 Å². The summed E-state index contributed by atoms with van der Waals surface area (Å²) >= 11 is 0. The van der Waals surface area contributed by atoms with Crippen LogP contribution >= 0.6 is 0 Å². The number of aromatic nitrogens is 4. The van der Waals surface area contributed by atoms with Gasteiger partial charge in [-0.3, -0.25) is 9.69 Å². The number of carbonyl (C=O) groups excluding carboxylic acids is 1. The first-order valence-corrected chi connectivity index (χ1v) is 16.6. The molecule has 1 amide bonds. The maximum atomic E-state index is 15.5. The van der Waals surface area contributed by atoms with Gasteiger partial charge in [-0.2, -0.15) is 0 Å². The highest BCUT2D eigenvalue weighted by Crippen LogP contribution is 2.46. The van der Waals surface area contributed by atoms with Crippen molar-refractivity contribution in [3.63, 3.8) is 0 Å². The summed E-state index contributed by atoms with van der Waals surface area (Å²) in [4.78, 5) is 57.2. The molecule has 2 fully saturated rings. The van der Waals surface area contributed by atoms with Gasteiger partial charge in [-0.1, -0.05) is 6.92 Å². The average Bonchev–Trinajstić information content (AvgIpc) is 3.72. The summed E-state index contributed by atoms with van der Waals surface area (Å²) in [6.07, 6.45) is 5.54. The zero-order valence-corrected chi connectivity index (χ0v) is 28.5. The molecule has 2 N–H and O–H groups in total. The van der Waals surface area contributed by atoms with E-state index in [1.807, 2.05) is 0 Å². The van der Waals surface area contributed by atoms with Crippen molar-refractivity contribution >= 4 is 56.4 Å². The third-order valence-corrected chi connectivity index (χ3v) is 9.77. The molecule has 2 saturated heterocycles. The minimum Gasteiger partial charge on any atom is -0.480 e. The second-order valence-electron chi connectivity index (χ2n) is 14.2. The first-order chi connectivity index (χ1) is 23.3. The molecule has 3 unspecified atom stereocenters. The van der Waals surface area contributed by atoms with E-state index >= 15 is 4.39 Å². The van der Waals surface area contributed by atoms with Crippen LogP contribution in [0.4, 0.5) is 20.6 Å². The van der Waals surface area contributed by atoms with Crippen LogP contribution in [0.1, 0.15) is 46.6 Å². The number of benzene rings is 1. The summed E-state index contributed by atoms with van der Waals surface area (Å²) in [5.41, 5.74) is 2.81. The van der Waals surface area contributed by atoms with Crippen LogP contribution in [-0.4, -0.2) is 87.0 Å². The molecule has 13 heteroatoms. The van der Waals surface area contributed by atoms with Gasteiger partial charge in [0.25, 0.3) is 0 Å². The van der Waals surface area contributed by atoms with Gasteiger partial charge in [0.2, 0.25) is 0 Å². The fraction of sp³-hybridized carbons (Fsp3) is 0.417. The Morgan fingerprint density at radius 1 is 1.16 bits per heavy atom. The Morgan fingerprint density at radius 3 is 2.65 bits per heavy atom. The van der Waals surface area contributed by atoms with Gasteiger partial charge in [0.1, 0.15) is 28.8 Å². The third kappa shape index (κ3) is 5.55. The van der Waals surface area contributed by atoms with E-state index in [0.29, 0.717) is 51.1 Å². The first-order valence-electron chi connectivity index (χ1n) is 16.6. The number of carbonyl (C=O) groups is 2. The fourth-order valence-corrected chi connectivity index (χ4v) is 7.59. The normalized spacial score (nSPS) is 18.8. The maximum absolute atomic E-state index is 15.5. The molecule has 7 rings (SSSR count). The van der Waals surface area contributed by atoms with E-state index in [9.17, 15) is 19.5 Å². The van der Waals surface area contributed by atoms with E-state index in [1.54, 1.807) is 53.2 Å². The summed E-state index contributed by atoms with van der Waals surface area (Å²) in [7, 11) is 3.66. The molecule has 0 spiro atoms. The predicted octanol–water partition coefficient (Wildman–Crippen LogP) is 5.78. The van der Waals surface area contributed by atoms with Crippen LogP contribution in [0.3, 0.4) is 0 Å². The van der Waals surface area contributed by atoms with Gasteiger partial charge < -0.3 is 29.2 Å². The lowest BCUT2D eigenvalue weighted by Crippen LogP contribution is -2.35. The molecule has 6 heterocycles. The second kappa shape index (κ2) is 11.8. The monoisotopic (exact) mass is 669 g/mol. The number of aliphatic carboxylic acids is 1. The fourth-order valence-electron chi connectivity index (χ4n) is 7.59. The quantitative estimate of drug-likeness (QED) is 0.231. The Morgan fingerprint density at radius 2 is 1.94 bits per heavy atom. The number of nitrogens with zero attached hydrogens (tertiary/aromatic N) is 6. The number of rotatable bonds is 6. The minimum atomic E-state index is -1.01. The molecular weight excluding hydrogens is 629 g/mol. The molecule has 2 aliphatic heterocycles. The number of hydrogen-bond donors (Lipinski definition) is 2. The number of likely N-dealkylation sites (tertiary alicyclic amines) is 1. The third-order valence-electron chi connectivity index (χ3n) is 9.77. The lowest BCUT2D eigenvalue weighted by molar-refractivity contribution is -0.140. The molecule has 0 aliphatic carbocycles. The highest BCUT2D eigenvalue weighted by Gasteiger charge is 2.42. The molecule has 2 aliphatic rings. The van der Waals surface area contributed by atoms with Gasteiger partial charge in [0.05, 0.1) is 27.7 Å². The molecule has 0 radical (unpaired) electrons. The van der Waals surface area contributed by atoms with E-state index in [0.717, 1.165) is 31.7 Å². The number of ether oxygens (including phenoxy) is 1. The zero-order valence-electron chi connectivity index (χ0n) is 28.5. The maximum Gasteiger partial charge on any atom is 0.414 e. The van der Waals surface area contributed by atoms with Crippen LogP contribution in [0.25, 0.3) is 44.1 Å². The van der Waals surface area contributed by atoms with Crippen LogP contribution < -0.4 is 15.2 Å². The highest BCUT2D eigenvalue weighted by atomic mass is 19.1. The number of carboxylic acid groups (broad SMARTS) is 1. The van der Waals surface area contributed by atoms with E-state index in [-0.39, 0.29) is 22.5 Å². The zero-order chi connectivity index (χ0) is 34.9. The molecule has 256 valence electrons. The summed E-state index contributed by atoms with van der Waals surface area (Å²) in [5, 5.41) is 11.4. The Labute approximate surface area is 282 Å². The Kier molecular flexibility index (Phi) is 7.85. The molecule has 12 nitrogen and oxygen atoms in total. The number of likely N-dealkylation sites (N-methyl/N-ethyl adjacent to an activating group) is 1. The number of hydrogen-bond acceptors (Lipinski definition) is 8. The molecule has 3 atom stereocenters. The topological polar surface area (TPSA) is 137 Å². The second-order valence-corrected chi connectivity index (χ2v) is 14.2. The standard InChI is InChI=1S/C36H40FN7O5/c1-7-25(34(46)47)44-11-9-28(45)22-12-20(15-39-33(22)44)24-16-38-32-29(31(24)43-10-8-19-17-41(5)18-27(19)43)23-13-21(37)14-26(30(23)40-32)42(6)35(48)49-36(2,3)4/h9,11-16,19,25,27H,7-8,10,17-18H2,1-6H3,(H,38,40)(H,46,47). The van der Waals surface area contributed by atoms with Gasteiger partial charge in [-0.05, 0) is 64.8 Å². The van der Waals surface area contributed by atoms with Gasteiger partial charge in [-0.15, -0.1) is 0 Å². The Bertz CT molecular complexity index is 2210. The lowest BCUT2D eigenvalue weighted by atomic mass is 10.00. The van der Waals surface area contributed by atoms with Crippen LogP contribution in [0.2, 0.25) is 0 Å².